The van der Waals surface area contributed by atoms with E-state index in [-0.39, 0.29) is 5.91 Å². The molecule has 112 valence electrons. The van der Waals surface area contributed by atoms with Crippen LogP contribution in [0.3, 0.4) is 0 Å². The summed E-state index contributed by atoms with van der Waals surface area (Å²) in [5.74, 6) is 1.62. The Morgan fingerprint density at radius 2 is 1.95 bits per heavy atom. The zero-order valence-corrected chi connectivity index (χ0v) is 12.4. The van der Waals surface area contributed by atoms with Crippen LogP contribution in [-0.2, 0) is 17.6 Å². The molecule has 1 aromatic rings. The zero-order chi connectivity index (χ0) is 14.2. The first-order valence-corrected chi connectivity index (χ1v) is 8.12. The lowest BCUT2D eigenvalue weighted by atomic mass is 10.0. The molecular weight excluding hydrogens is 262 g/mol. The zero-order valence-electron chi connectivity index (χ0n) is 12.4. The van der Waals surface area contributed by atoms with E-state index in [2.05, 4.69) is 27.7 Å². The van der Waals surface area contributed by atoms with Gasteiger partial charge in [-0.25, -0.2) is 0 Å². The number of nitrogens with zero attached hydrogens (tertiary/aromatic N) is 1. The normalized spacial score (nSPS) is 27.6. The van der Waals surface area contributed by atoms with Crippen LogP contribution in [0, 0.1) is 11.8 Å². The molecule has 4 rings (SSSR count). The van der Waals surface area contributed by atoms with Crippen LogP contribution in [0.1, 0.15) is 17.5 Å². The molecule has 2 saturated heterocycles. The Kier molecular flexibility index (Phi) is 3.43. The van der Waals surface area contributed by atoms with Gasteiger partial charge in [-0.2, -0.15) is 0 Å². The lowest BCUT2D eigenvalue weighted by Crippen LogP contribution is -2.33. The number of nitrogens with one attached hydrogen (secondary N) is 2. The summed E-state index contributed by atoms with van der Waals surface area (Å²) in [6, 6.07) is 6.37. The van der Waals surface area contributed by atoms with Crippen LogP contribution in [0.25, 0.3) is 0 Å². The molecule has 0 radical (unpaired) electrons. The summed E-state index contributed by atoms with van der Waals surface area (Å²) in [5, 5.41) is 6.50. The highest BCUT2D eigenvalue weighted by Gasteiger charge is 2.36. The van der Waals surface area contributed by atoms with Crippen LogP contribution in [0.15, 0.2) is 18.2 Å². The quantitative estimate of drug-likeness (QED) is 0.879. The van der Waals surface area contributed by atoms with Gasteiger partial charge in [0.1, 0.15) is 0 Å². The topological polar surface area (TPSA) is 44.4 Å². The van der Waals surface area contributed by atoms with E-state index in [1.165, 1.54) is 24.0 Å². The van der Waals surface area contributed by atoms with Crippen molar-refractivity contribution in [2.45, 2.75) is 19.3 Å². The summed E-state index contributed by atoms with van der Waals surface area (Å²) < 4.78 is 0. The second kappa shape index (κ2) is 5.43. The van der Waals surface area contributed by atoms with Gasteiger partial charge in [0.15, 0.2) is 0 Å². The molecule has 4 nitrogen and oxygen atoms in total. The second-order valence-corrected chi connectivity index (χ2v) is 6.76. The Morgan fingerprint density at radius 1 is 1.19 bits per heavy atom. The number of likely N-dealkylation sites (tertiary alicyclic amines) is 1. The van der Waals surface area contributed by atoms with Crippen LogP contribution in [-0.4, -0.2) is 43.5 Å². The highest BCUT2D eigenvalue weighted by Crippen LogP contribution is 2.27. The molecule has 1 aromatic carbocycles. The van der Waals surface area contributed by atoms with E-state index in [0.29, 0.717) is 6.54 Å². The Morgan fingerprint density at radius 3 is 2.76 bits per heavy atom. The molecule has 2 heterocycles. The molecule has 1 amide bonds. The number of hydrogen-bond donors (Lipinski definition) is 2. The summed E-state index contributed by atoms with van der Waals surface area (Å²) in [5.41, 5.74) is 3.82. The molecule has 3 aliphatic rings. The first-order valence-electron chi connectivity index (χ1n) is 8.12. The van der Waals surface area contributed by atoms with Crippen LogP contribution in [0.2, 0.25) is 0 Å². The maximum absolute atomic E-state index is 12.2. The third-order valence-electron chi connectivity index (χ3n) is 5.21. The van der Waals surface area contributed by atoms with Gasteiger partial charge in [-0.3, -0.25) is 9.69 Å². The molecule has 2 aliphatic heterocycles. The van der Waals surface area contributed by atoms with Gasteiger partial charge in [-0.15, -0.1) is 0 Å². The Labute approximate surface area is 125 Å². The number of benzene rings is 1. The van der Waals surface area contributed by atoms with Gasteiger partial charge >= 0.3 is 0 Å². The minimum atomic E-state index is 0.126. The number of carbonyl (C=O) groups is 1. The molecule has 0 spiro atoms. The predicted octanol–water partition coefficient (Wildman–Crippen LogP) is 1.26. The van der Waals surface area contributed by atoms with Gasteiger partial charge in [0.25, 0.3) is 0 Å². The molecule has 2 atom stereocenters. The maximum Gasteiger partial charge on any atom is 0.238 e. The number of aryl methyl sites for hydroxylation is 2. The van der Waals surface area contributed by atoms with E-state index in [1.54, 1.807) is 0 Å². The highest BCUT2D eigenvalue weighted by atomic mass is 16.2. The first-order chi connectivity index (χ1) is 10.3. The van der Waals surface area contributed by atoms with Crippen molar-refractivity contribution in [3.63, 3.8) is 0 Å². The number of amides is 1. The van der Waals surface area contributed by atoms with Crippen molar-refractivity contribution in [1.82, 2.24) is 10.2 Å². The fraction of sp³-hybridized carbons (Fsp3) is 0.588. The fourth-order valence-corrected chi connectivity index (χ4v) is 4.13. The molecule has 0 bridgehead atoms. The Hall–Kier alpha value is -1.39. The van der Waals surface area contributed by atoms with E-state index in [0.717, 1.165) is 50.1 Å². The smallest absolute Gasteiger partial charge is 0.238 e. The second-order valence-electron chi connectivity index (χ2n) is 6.76. The standard InChI is InChI=1S/C17H23N3O/c21-17(11-20-9-14-7-18-8-15(14)10-20)19-16-5-4-12-2-1-3-13(12)6-16/h4-6,14-15,18H,1-3,7-11H2,(H,19,21)/t14-,15+. The van der Waals surface area contributed by atoms with E-state index >= 15 is 0 Å². The molecule has 1 aliphatic carbocycles. The van der Waals surface area contributed by atoms with Crippen molar-refractivity contribution < 1.29 is 4.79 Å². The van der Waals surface area contributed by atoms with Crippen molar-refractivity contribution in [1.29, 1.82) is 0 Å². The average molecular weight is 285 g/mol. The van der Waals surface area contributed by atoms with E-state index in [9.17, 15) is 4.79 Å². The molecule has 0 saturated carbocycles. The molecule has 2 fully saturated rings. The molecule has 2 N–H and O–H groups in total. The summed E-state index contributed by atoms with van der Waals surface area (Å²) >= 11 is 0. The maximum atomic E-state index is 12.2. The summed E-state index contributed by atoms with van der Waals surface area (Å²) in [6.45, 7) is 4.90. The summed E-state index contributed by atoms with van der Waals surface area (Å²) in [4.78, 5) is 14.5. The van der Waals surface area contributed by atoms with Crippen LogP contribution < -0.4 is 10.6 Å². The lowest BCUT2D eigenvalue weighted by molar-refractivity contribution is -0.117. The number of anilines is 1. The van der Waals surface area contributed by atoms with Crippen molar-refractivity contribution in [2.24, 2.45) is 11.8 Å². The minimum absolute atomic E-state index is 0.126. The van der Waals surface area contributed by atoms with Crippen LogP contribution in [0.5, 0.6) is 0 Å². The third-order valence-corrected chi connectivity index (χ3v) is 5.21. The van der Waals surface area contributed by atoms with Crippen molar-refractivity contribution in [3.05, 3.63) is 29.3 Å². The van der Waals surface area contributed by atoms with Crippen LogP contribution in [0.4, 0.5) is 5.69 Å². The number of rotatable bonds is 3. The summed E-state index contributed by atoms with van der Waals surface area (Å²) in [6.07, 6.45) is 3.59. The van der Waals surface area contributed by atoms with E-state index < -0.39 is 0 Å². The number of carbonyl (C=O) groups excluding carboxylic acids is 1. The van der Waals surface area contributed by atoms with Crippen molar-refractivity contribution in [3.8, 4) is 0 Å². The average Bonchev–Trinajstić information content (AvgIpc) is 3.12. The van der Waals surface area contributed by atoms with Gasteiger partial charge < -0.3 is 10.6 Å². The van der Waals surface area contributed by atoms with Gasteiger partial charge in [-0.05, 0) is 67.4 Å². The van der Waals surface area contributed by atoms with Crippen LogP contribution >= 0.6 is 0 Å². The molecule has 21 heavy (non-hydrogen) atoms. The van der Waals surface area contributed by atoms with Crippen molar-refractivity contribution >= 4 is 11.6 Å². The number of hydrogen-bond acceptors (Lipinski definition) is 3. The monoisotopic (exact) mass is 285 g/mol. The Bertz CT molecular complexity index is 545. The Balaban J connectivity index is 1.34. The highest BCUT2D eigenvalue weighted by molar-refractivity contribution is 5.92. The first kappa shape index (κ1) is 13.3. The van der Waals surface area contributed by atoms with E-state index in [1.807, 2.05) is 6.07 Å². The van der Waals surface area contributed by atoms with Gasteiger partial charge in [-0.1, -0.05) is 6.07 Å². The largest absolute Gasteiger partial charge is 0.325 e. The number of fused-ring (bicyclic) bond motifs is 2. The van der Waals surface area contributed by atoms with Gasteiger partial charge in [0.05, 0.1) is 6.54 Å². The fourth-order valence-electron chi connectivity index (χ4n) is 4.13. The third kappa shape index (κ3) is 2.70. The molecule has 0 unspecified atom stereocenters. The van der Waals surface area contributed by atoms with Gasteiger partial charge in [0, 0.05) is 18.8 Å². The van der Waals surface area contributed by atoms with Gasteiger partial charge in [0.2, 0.25) is 5.91 Å². The predicted molar refractivity (Wildman–Crippen MR) is 83.4 cm³/mol. The minimum Gasteiger partial charge on any atom is -0.325 e. The molecular formula is C17H23N3O. The van der Waals surface area contributed by atoms with E-state index in [4.69, 9.17) is 0 Å². The molecule has 0 aromatic heterocycles. The molecule has 4 heteroatoms. The summed E-state index contributed by atoms with van der Waals surface area (Å²) in [7, 11) is 0. The SMILES string of the molecule is O=C(CN1C[C@H]2CNC[C@H]2C1)Nc1ccc2c(c1)CCC2. The lowest BCUT2D eigenvalue weighted by Gasteiger charge is -2.16. The van der Waals surface area contributed by atoms with Crippen molar-refractivity contribution in [2.75, 3.05) is 38.0 Å².